The largest absolute Gasteiger partial charge is 0.381 e. The number of rotatable bonds is 7. The van der Waals surface area contributed by atoms with E-state index < -0.39 is 0 Å². The Morgan fingerprint density at radius 1 is 1.10 bits per heavy atom. The summed E-state index contributed by atoms with van der Waals surface area (Å²) in [4.78, 5) is 11.8. The van der Waals surface area contributed by atoms with E-state index in [0.29, 0.717) is 13.2 Å². The molecule has 0 unspecified atom stereocenters. The van der Waals surface area contributed by atoms with Crippen LogP contribution >= 0.6 is 0 Å². The zero-order valence-corrected chi connectivity index (χ0v) is 12.4. The van der Waals surface area contributed by atoms with Crippen LogP contribution in [0, 0.1) is 0 Å². The molecule has 2 N–H and O–H groups in total. The second kappa shape index (κ2) is 8.27. The number of amides is 2. The van der Waals surface area contributed by atoms with Gasteiger partial charge in [-0.05, 0) is 35.7 Å². The van der Waals surface area contributed by atoms with Gasteiger partial charge in [0.25, 0.3) is 0 Å². The number of benzene rings is 2. The van der Waals surface area contributed by atoms with Gasteiger partial charge in [0.15, 0.2) is 0 Å². The minimum Gasteiger partial charge on any atom is -0.381 e. The monoisotopic (exact) mass is 286 g/mol. The van der Waals surface area contributed by atoms with Crippen molar-refractivity contribution >= 4 is 22.5 Å². The van der Waals surface area contributed by atoms with Gasteiger partial charge in [0.1, 0.15) is 0 Å². The van der Waals surface area contributed by atoms with E-state index in [4.69, 9.17) is 4.74 Å². The molecule has 0 aromatic heterocycles. The SMILES string of the molecule is CCCOCCCNC(=O)Nc1ccc2ccccc2c1. The van der Waals surface area contributed by atoms with E-state index in [1.807, 2.05) is 36.4 Å². The highest BCUT2D eigenvalue weighted by atomic mass is 16.5. The van der Waals surface area contributed by atoms with Gasteiger partial charge in [-0.2, -0.15) is 0 Å². The van der Waals surface area contributed by atoms with Crippen LogP contribution in [-0.2, 0) is 4.74 Å². The van der Waals surface area contributed by atoms with Crippen LogP contribution < -0.4 is 10.6 Å². The molecule has 0 heterocycles. The van der Waals surface area contributed by atoms with Gasteiger partial charge < -0.3 is 15.4 Å². The normalized spacial score (nSPS) is 10.5. The summed E-state index contributed by atoms with van der Waals surface area (Å²) in [6, 6.07) is 13.8. The molecule has 0 aliphatic heterocycles. The molecule has 2 aromatic carbocycles. The van der Waals surface area contributed by atoms with E-state index in [2.05, 4.69) is 23.6 Å². The summed E-state index contributed by atoms with van der Waals surface area (Å²) in [7, 11) is 0. The van der Waals surface area contributed by atoms with E-state index in [1.165, 1.54) is 0 Å². The molecule has 4 nitrogen and oxygen atoms in total. The second-order valence-electron chi connectivity index (χ2n) is 4.91. The first-order valence-corrected chi connectivity index (χ1v) is 7.41. The average molecular weight is 286 g/mol. The lowest BCUT2D eigenvalue weighted by Gasteiger charge is -2.08. The minimum absolute atomic E-state index is 0.180. The Hall–Kier alpha value is -2.07. The predicted octanol–water partition coefficient (Wildman–Crippen LogP) is 3.78. The summed E-state index contributed by atoms with van der Waals surface area (Å²) in [6.45, 7) is 4.16. The van der Waals surface area contributed by atoms with E-state index in [0.717, 1.165) is 35.9 Å². The van der Waals surface area contributed by atoms with Crippen molar-refractivity contribution in [3.63, 3.8) is 0 Å². The summed E-state index contributed by atoms with van der Waals surface area (Å²) in [5.41, 5.74) is 0.799. The maximum atomic E-state index is 11.8. The van der Waals surface area contributed by atoms with E-state index in [1.54, 1.807) is 0 Å². The molecule has 112 valence electrons. The van der Waals surface area contributed by atoms with Crippen molar-refractivity contribution in [1.29, 1.82) is 0 Å². The lowest BCUT2D eigenvalue weighted by molar-refractivity contribution is 0.132. The molecule has 21 heavy (non-hydrogen) atoms. The third-order valence-electron chi connectivity index (χ3n) is 3.11. The highest BCUT2D eigenvalue weighted by molar-refractivity contribution is 5.93. The molecule has 0 atom stereocenters. The van der Waals surface area contributed by atoms with Gasteiger partial charge in [0, 0.05) is 25.4 Å². The zero-order valence-electron chi connectivity index (χ0n) is 12.4. The van der Waals surface area contributed by atoms with Crippen LogP contribution in [0.2, 0.25) is 0 Å². The summed E-state index contributed by atoms with van der Waals surface area (Å²) >= 11 is 0. The van der Waals surface area contributed by atoms with Crippen molar-refractivity contribution in [3.8, 4) is 0 Å². The number of ether oxygens (including phenoxy) is 1. The molecule has 0 fully saturated rings. The molecule has 0 saturated heterocycles. The predicted molar refractivity (Wildman–Crippen MR) is 86.7 cm³/mol. The topological polar surface area (TPSA) is 50.4 Å². The number of fused-ring (bicyclic) bond motifs is 1. The Bertz CT molecular complexity index is 584. The average Bonchev–Trinajstić information content (AvgIpc) is 2.50. The van der Waals surface area contributed by atoms with Crippen molar-refractivity contribution in [1.82, 2.24) is 5.32 Å². The van der Waals surface area contributed by atoms with Crippen LogP contribution in [-0.4, -0.2) is 25.8 Å². The molecule has 0 aliphatic carbocycles. The summed E-state index contributed by atoms with van der Waals surface area (Å²) in [5, 5.41) is 7.95. The van der Waals surface area contributed by atoms with Crippen molar-refractivity contribution in [3.05, 3.63) is 42.5 Å². The molecular formula is C17H22N2O2. The van der Waals surface area contributed by atoms with Gasteiger partial charge >= 0.3 is 6.03 Å². The number of nitrogens with one attached hydrogen (secondary N) is 2. The standard InChI is InChI=1S/C17H22N2O2/c1-2-11-21-12-5-10-18-17(20)19-16-9-8-14-6-3-4-7-15(14)13-16/h3-4,6-9,13H,2,5,10-12H2,1H3,(H2,18,19,20). The van der Waals surface area contributed by atoms with E-state index in [-0.39, 0.29) is 6.03 Å². The molecule has 0 bridgehead atoms. The molecule has 2 aromatic rings. The molecule has 4 heteroatoms. The van der Waals surface area contributed by atoms with Gasteiger partial charge in [-0.25, -0.2) is 4.79 Å². The van der Waals surface area contributed by atoms with Gasteiger partial charge in [-0.1, -0.05) is 37.3 Å². The number of urea groups is 1. The fraction of sp³-hybridized carbons (Fsp3) is 0.353. The Morgan fingerprint density at radius 2 is 1.90 bits per heavy atom. The first-order chi connectivity index (χ1) is 10.3. The molecule has 0 spiro atoms. The first kappa shape index (κ1) is 15.3. The summed E-state index contributed by atoms with van der Waals surface area (Å²) in [5.74, 6) is 0. The third kappa shape index (κ3) is 5.08. The number of anilines is 1. The Balaban J connectivity index is 1.76. The fourth-order valence-electron chi connectivity index (χ4n) is 2.06. The van der Waals surface area contributed by atoms with Crippen molar-refractivity contribution in [2.75, 3.05) is 25.1 Å². The highest BCUT2D eigenvalue weighted by Gasteiger charge is 2.01. The molecule has 2 amide bonds. The van der Waals surface area contributed by atoms with Crippen molar-refractivity contribution in [2.45, 2.75) is 19.8 Å². The van der Waals surface area contributed by atoms with Crippen LogP contribution in [0.4, 0.5) is 10.5 Å². The maximum absolute atomic E-state index is 11.8. The lowest BCUT2D eigenvalue weighted by Crippen LogP contribution is -2.30. The zero-order chi connectivity index (χ0) is 14.9. The maximum Gasteiger partial charge on any atom is 0.319 e. The Morgan fingerprint density at radius 3 is 2.71 bits per heavy atom. The first-order valence-electron chi connectivity index (χ1n) is 7.41. The van der Waals surface area contributed by atoms with Gasteiger partial charge in [-0.15, -0.1) is 0 Å². The smallest absolute Gasteiger partial charge is 0.319 e. The van der Waals surface area contributed by atoms with Crippen LogP contribution in [0.5, 0.6) is 0 Å². The molecular weight excluding hydrogens is 264 g/mol. The van der Waals surface area contributed by atoms with E-state index >= 15 is 0 Å². The van der Waals surface area contributed by atoms with Crippen molar-refractivity contribution in [2.24, 2.45) is 0 Å². The summed E-state index contributed by atoms with van der Waals surface area (Å²) < 4.78 is 5.36. The highest BCUT2D eigenvalue weighted by Crippen LogP contribution is 2.18. The second-order valence-corrected chi connectivity index (χ2v) is 4.91. The summed E-state index contributed by atoms with van der Waals surface area (Å²) in [6.07, 6.45) is 1.85. The van der Waals surface area contributed by atoms with Crippen LogP contribution in [0.3, 0.4) is 0 Å². The fourth-order valence-corrected chi connectivity index (χ4v) is 2.06. The lowest BCUT2D eigenvalue weighted by atomic mass is 10.1. The number of hydrogen-bond donors (Lipinski definition) is 2. The van der Waals surface area contributed by atoms with Gasteiger partial charge in [0.05, 0.1) is 0 Å². The van der Waals surface area contributed by atoms with Gasteiger partial charge in [-0.3, -0.25) is 0 Å². The number of hydrogen-bond acceptors (Lipinski definition) is 2. The van der Waals surface area contributed by atoms with Crippen LogP contribution in [0.15, 0.2) is 42.5 Å². The van der Waals surface area contributed by atoms with Crippen LogP contribution in [0.1, 0.15) is 19.8 Å². The molecule has 2 rings (SSSR count). The quantitative estimate of drug-likeness (QED) is 0.761. The molecule has 0 aliphatic rings. The van der Waals surface area contributed by atoms with Crippen molar-refractivity contribution < 1.29 is 9.53 Å². The minimum atomic E-state index is -0.180. The van der Waals surface area contributed by atoms with Crippen LogP contribution in [0.25, 0.3) is 10.8 Å². The third-order valence-corrected chi connectivity index (χ3v) is 3.11. The molecule has 0 saturated carbocycles. The molecule has 0 radical (unpaired) electrons. The Labute approximate surface area is 125 Å². The van der Waals surface area contributed by atoms with E-state index in [9.17, 15) is 4.79 Å². The number of carbonyl (C=O) groups excluding carboxylic acids is 1. The number of carbonyl (C=O) groups is 1. The van der Waals surface area contributed by atoms with Gasteiger partial charge in [0.2, 0.25) is 0 Å². The Kier molecular flexibility index (Phi) is 6.03.